The molecule has 0 aliphatic carbocycles. The van der Waals surface area contributed by atoms with Crippen molar-refractivity contribution in [1.29, 1.82) is 0 Å². The summed E-state index contributed by atoms with van der Waals surface area (Å²) < 4.78 is 0. The Labute approximate surface area is 131 Å². The molecule has 1 unspecified atom stereocenters. The molecule has 0 spiro atoms. The second-order valence-corrected chi connectivity index (χ2v) is 4.99. The monoisotopic (exact) mass is 310 g/mol. The number of nitrogens with two attached hydrogens (primary N) is 1. The number of benzene rings is 1. The molecular formula is C15H23ClN4O. The van der Waals surface area contributed by atoms with Crippen LogP contribution in [0.5, 0.6) is 0 Å². The van der Waals surface area contributed by atoms with Crippen molar-refractivity contribution in [2.75, 3.05) is 6.54 Å². The molecule has 1 heterocycles. The van der Waals surface area contributed by atoms with Gasteiger partial charge in [-0.3, -0.25) is 4.79 Å². The molecule has 0 aliphatic heterocycles. The predicted molar refractivity (Wildman–Crippen MR) is 87.6 cm³/mol. The summed E-state index contributed by atoms with van der Waals surface area (Å²) in [6, 6.07) is 7.58. The van der Waals surface area contributed by atoms with Gasteiger partial charge in [-0.2, -0.15) is 0 Å². The van der Waals surface area contributed by atoms with Crippen LogP contribution in [0.15, 0.2) is 24.3 Å². The molecule has 0 saturated carbocycles. The quantitative estimate of drug-likeness (QED) is 0.685. The molecule has 0 bridgehead atoms. The van der Waals surface area contributed by atoms with Gasteiger partial charge in [0.2, 0.25) is 5.91 Å². The van der Waals surface area contributed by atoms with E-state index in [-0.39, 0.29) is 24.4 Å². The molecule has 1 amide bonds. The van der Waals surface area contributed by atoms with Crippen LogP contribution < -0.4 is 11.1 Å². The summed E-state index contributed by atoms with van der Waals surface area (Å²) in [5.41, 5.74) is 7.78. The van der Waals surface area contributed by atoms with Gasteiger partial charge in [0.15, 0.2) is 0 Å². The van der Waals surface area contributed by atoms with E-state index in [1.807, 2.05) is 31.2 Å². The molecule has 4 N–H and O–H groups in total. The van der Waals surface area contributed by atoms with E-state index >= 15 is 0 Å². The summed E-state index contributed by atoms with van der Waals surface area (Å²) in [6.07, 6.45) is 3.32. The first-order valence-corrected chi connectivity index (χ1v) is 7.17. The van der Waals surface area contributed by atoms with Crippen molar-refractivity contribution in [2.45, 2.75) is 38.6 Å². The molecule has 21 heavy (non-hydrogen) atoms. The minimum absolute atomic E-state index is 0. The molecule has 6 heteroatoms. The maximum atomic E-state index is 11.6. The maximum Gasteiger partial charge on any atom is 0.236 e. The van der Waals surface area contributed by atoms with Crippen LogP contribution >= 0.6 is 12.4 Å². The first-order valence-electron chi connectivity index (χ1n) is 7.17. The Morgan fingerprint density at radius 3 is 2.90 bits per heavy atom. The minimum atomic E-state index is -0.383. The van der Waals surface area contributed by atoms with E-state index in [2.05, 4.69) is 15.3 Å². The highest BCUT2D eigenvalue weighted by atomic mass is 35.5. The number of nitrogens with one attached hydrogen (secondary N) is 2. The number of hydrogen-bond acceptors (Lipinski definition) is 3. The molecule has 0 radical (unpaired) electrons. The number of imidazole rings is 1. The number of amides is 1. The SMILES string of the molecule is CCCC(N)C(=O)NCCCc1nc2ccccc2[nH]1.Cl. The highest BCUT2D eigenvalue weighted by Gasteiger charge is 2.11. The van der Waals surface area contributed by atoms with Gasteiger partial charge in [0.1, 0.15) is 5.82 Å². The number of rotatable bonds is 7. The first kappa shape index (κ1) is 17.5. The van der Waals surface area contributed by atoms with E-state index in [0.717, 1.165) is 42.5 Å². The van der Waals surface area contributed by atoms with Crippen molar-refractivity contribution in [1.82, 2.24) is 15.3 Å². The number of aromatic amines is 1. The number of aromatic nitrogens is 2. The van der Waals surface area contributed by atoms with Gasteiger partial charge in [-0.25, -0.2) is 4.98 Å². The number of hydrogen-bond donors (Lipinski definition) is 3. The Bertz CT molecular complexity index is 537. The Morgan fingerprint density at radius 1 is 1.43 bits per heavy atom. The molecule has 0 saturated heterocycles. The number of fused-ring (bicyclic) bond motifs is 1. The van der Waals surface area contributed by atoms with E-state index < -0.39 is 0 Å². The number of nitrogens with zero attached hydrogens (tertiary/aromatic N) is 1. The normalized spacial score (nSPS) is 11.9. The lowest BCUT2D eigenvalue weighted by Gasteiger charge is -2.10. The molecule has 2 rings (SSSR count). The highest BCUT2D eigenvalue weighted by Crippen LogP contribution is 2.11. The van der Waals surface area contributed by atoms with Gasteiger partial charge in [0.25, 0.3) is 0 Å². The Morgan fingerprint density at radius 2 is 2.19 bits per heavy atom. The van der Waals surface area contributed by atoms with Gasteiger partial charge in [-0.15, -0.1) is 12.4 Å². The summed E-state index contributed by atoms with van der Waals surface area (Å²) in [5, 5.41) is 2.87. The Kier molecular flexibility index (Phi) is 7.19. The number of carbonyl (C=O) groups is 1. The van der Waals surface area contributed by atoms with Crippen molar-refractivity contribution < 1.29 is 4.79 Å². The summed E-state index contributed by atoms with van der Waals surface area (Å²) in [4.78, 5) is 19.4. The Hall–Kier alpha value is -1.59. The van der Waals surface area contributed by atoms with Crippen LogP contribution in [0.1, 0.15) is 32.0 Å². The second-order valence-electron chi connectivity index (χ2n) is 4.99. The van der Waals surface area contributed by atoms with Crippen molar-refractivity contribution in [2.24, 2.45) is 5.73 Å². The first-order chi connectivity index (χ1) is 9.70. The molecule has 0 aliphatic rings. The smallest absolute Gasteiger partial charge is 0.236 e. The van der Waals surface area contributed by atoms with Gasteiger partial charge >= 0.3 is 0 Å². The summed E-state index contributed by atoms with van der Waals surface area (Å²) in [7, 11) is 0. The van der Waals surface area contributed by atoms with Gasteiger partial charge in [-0.1, -0.05) is 25.5 Å². The lowest BCUT2D eigenvalue weighted by molar-refractivity contribution is -0.122. The van der Waals surface area contributed by atoms with E-state index in [9.17, 15) is 4.79 Å². The van der Waals surface area contributed by atoms with Crippen LogP contribution in [0.4, 0.5) is 0 Å². The number of para-hydroxylation sites is 2. The van der Waals surface area contributed by atoms with Gasteiger partial charge in [-0.05, 0) is 25.0 Å². The standard InChI is InChI=1S/C15H22N4O.ClH/c1-2-6-11(16)15(20)17-10-5-9-14-18-12-7-3-4-8-13(12)19-14;/h3-4,7-8,11H,2,5-6,9-10,16H2,1H3,(H,17,20)(H,18,19);1H. The fourth-order valence-electron chi connectivity index (χ4n) is 2.16. The average molecular weight is 311 g/mol. The molecule has 1 aromatic carbocycles. The molecule has 2 aromatic rings. The third kappa shape index (κ3) is 5.02. The summed E-state index contributed by atoms with van der Waals surface area (Å²) in [5.74, 6) is 0.898. The summed E-state index contributed by atoms with van der Waals surface area (Å²) in [6.45, 7) is 2.65. The van der Waals surface area contributed by atoms with Crippen LogP contribution in [0, 0.1) is 0 Å². The number of H-pyrrole nitrogens is 1. The van der Waals surface area contributed by atoms with Crippen LogP contribution in [0.3, 0.4) is 0 Å². The molecule has 116 valence electrons. The zero-order valence-corrected chi connectivity index (χ0v) is 13.1. The van der Waals surface area contributed by atoms with Gasteiger partial charge in [0.05, 0.1) is 17.1 Å². The predicted octanol–water partition coefficient (Wildman–Crippen LogP) is 2.16. The lowest BCUT2D eigenvalue weighted by Crippen LogP contribution is -2.40. The van der Waals surface area contributed by atoms with Crippen molar-refractivity contribution >= 4 is 29.3 Å². The summed E-state index contributed by atoms with van der Waals surface area (Å²) >= 11 is 0. The number of carbonyl (C=O) groups excluding carboxylic acids is 1. The fourth-order valence-corrected chi connectivity index (χ4v) is 2.16. The van der Waals surface area contributed by atoms with E-state index in [4.69, 9.17) is 5.73 Å². The zero-order chi connectivity index (χ0) is 14.4. The molecular weight excluding hydrogens is 288 g/mol. The number of aryl methyl sites for hydroxylation is 1. The molecule has 0 fully saturated rings. The maximum absolute atomic E-state index is 11.6. The second kappa shape index (κ2) is 8.64. The largest absolute Gasteiger partial charge is 0.355 e. The van der Waals surface area contributed by atoms with Gasteiger partial charge in [0, 0.05) is 13.0 Å². The minimum Gasteiger partial charge on any atom is -0.355 e. The topological polar surface area (TPSA) is 83.8 Å². The van der Waals surface area contributed by atoms with Crippen LogP contribution in [0.25, 0.3) is 11.0 Å². The van der Waals surface area contributed by atoms with Crippen molar-refractivity contribution in [3.05, 3.63) is 30.1 Å². The molecule has 5 nitrogen and oxygen atoms in total. The fraction of sp³-hybridized carbons (Fsp3) is 0.467. The van der Waals surface area contributed by atoms with E-state index in [1.165, 1.54) is 0 Å². The van der Waals surface area contributed by atoms with Crippen LogP contribution in [-0.4, -0.2) is 28.5 Å². The average Bonchev–Trinajstić information content (AvgIpc) is 2.86. The highest BCUT2D eigenvalue weighted by molar-refractivity contribution is 5.85. The lowest BCUT2D eigenvalue weighted by atomic mass is 10.1. The van der Waals surface area contributed by atoms with Gasteiger partial charge < -0.3 is 16.0 Å². The third-order valence-electron chi connectivity index (χ3n) is 3.26. The van der Waals surface area contributed by atoms with Crippen molar-refractivity contribution in [3.63, 3.8) is 0 Å². The van der Waals surface area contributed by atoms with Crippen molar-refractivity contribution in [3.8, 4) is 0 Å². The zero-order valence-electron chi connectivity index (χ0n) is 12.3. The third-order valence-corrected chi connectivity index (χ3v) is 3.26. The van der Waals surface area contributed by atoms with Crippen LogP contribution in [0.2, 0.25) is 0 Å². The van der Waals surface area contributed by atoms with E-state index in [0.29, 0.717) is 6.54 Å². The van der Waals surface area contributed by atoms with Crippen LogP contribution in [-0.2, 0) is 11.2 Å². The Balaban J connectivity index is 0.00000220. The van der Waals surface area contributed by atoms with E-state index in [1.54, 1.807) is 0 Å². The molecule has 1 atom stereocenters. The molecule has 1 aromatic heterocycles. The number of halogens is 1.